The minimum absolute atomic E-state index is 0.859. The van der Waals surface area contributed by atoms with E-state index in [9.17, 15) is 0 Å². The molecule has 1 aliphatic heterocycles. The molecule has 1 aromatic heterocycles. The molecule has 0 atom stereocenters. The summed E-state index contributed by atoms with van der Waals surface area (Å²) in [5.41, 5.74) is 7.60. The number of rotatable bonds is 2. The van der Waals surface area contributed by atoms with Crippen LogP contribution in [0.25, 0.3) is 11.0 Å². The third-order valence-electron chi connectivity index (χ3n) is 2.68. The maximum Gasteiger partial charge on any atom is 0.104 e. The highest BCUT2D eigenvalue weighted by atomic mass is 15.5. The van der Waals surface area contributed by atoms with Crippen molar-refractivity contribution in [1.29, 1.82) is 0 Å². The highest BCUT2D eigenvalue weighted by Crippen LogP contribution is 2.20. The van der Waals surface area contributed by atoms with Crippen LogP contribution < -0.4 is 5.43 Å². The van der Waals surface area contributed by atoms with Crippen molar-refractivity contribution in [3.63, 3.8) is 0 Å². The number of hydrogen-bond donors (Lipinski definition) is 2. The van der Waals surface area contributed by atoms with Crippen molar-refractivity contribution in [2.75, 3.05) is 18.5 Å². The molecule has 0 saturated carbocycles. The average Bonchev–Trinajstić information content (AvgIpc) is 2.87. The van der Waals surface area contributed by atoms with Gasteiger partial charge in [-0.15, -0.1) is 0 Å². The van der Waals surface area contributed by atoms with Crippen LogP contribution in [0.4, 0.5) is 5.69 Å². The molecular weight excluding hydrogens is 202 g/mol. The largest absolute Gasteiger partial charge is 0.345 e. The zero-order chi connectivity index (χ0) is 11.0. The van der Waals surface area contributed by atoms with E-state index < -0.39 is 0 Å². The summed E-state index contributed by atoms with van der Waals surface area (Å²) in [6, 6.07) is 4.15. The third kappa shape index (κ3) is 1.50. The monoisotopic (exact) mass is 215 g/mol. The van der Waals surface area contributed by atoms with Gasteiger partial charge in [-0.1, -0.05) is 0 Å². The Kier molecular flexibility index (Phi) is 2.02. The summed E-state index contributed by atoms with van der Waals surface area (Å²) < 4.78 is 0. The molecule has 0 saturated heterocycles. The van der Waals surface area contributed by atoms with Gasteiger partial charge in [0.1, 0.15) is 6.34 Å². The van der Waals surface area contributed by atoms with E-state index in [1.807, 2.05) is 11.3 Å². The van der Waals surface area contributed by atoms with E-state index >= 15 is 0 Å². The number of H-pyrrole nitrogens is 1. The lowest BCUT2D eigenvalue weighted by molar-refractivity contribution is 0.557. The van der Waals surface area contributed by atoms with Gasteiger partial charge in [-0.3, -0.25) is 15.4 Å². The molecule has 5 heteroatoms. The minimum Gasteiger partial charge on any atom is -0.345 e. The quantitative estimate of drug-likeness (QED) is 0.799. The van der Waals surface area contributed by atoms with Crippen molar-refractivity contribution in [1.82, 2.24) is 15.0 Å². The molecule has 0 radical (unpaired) electrons. The molecule has 1 aliphatic rings. The Balaban J connectivity index is 1.94. The normalized spacial score (nSPS) is 14.9. The van der Waals surface area contributed by atoms with Crippen molar-refractivity contribution in [2.24, 2.45) is 4.99 Å². The Bertz CT molecular complexity index is 542. The summed E-state index contributed by atoms with van der Waals surface area (Å²) >= 11 is 0. The number of nitrogens with one attached hydrogen (secondary N) is 2. The summed E-state index contributed by atoms with van der Waals surface area (Å²) in [5, 5.41) is 1.98. The number of aliphatic imine (C=N–C) groups is 1. The molecule has 2 heterocycles. The first-order chi connectivity index (χ1) is 7.83. The Labute approximate surface area is 93.2 Å². The smallest absolute Gasteiger partial charge is 0.104 e. The zero-order valence-corrected chi connectivity index (χ0v) is 9.07. The van der Waals surface area contributed by atoms with Crippen molar-refractivity contribution >= 4 is 23.1 Å². The lowest BCUT2D eigenvalue weighted by Crippen LogP contribution is -2.26. The number of aryl methyl sites for hydroxylation is 1. The summed E-state index contributed by atoms with van der Waals surface area (Å²) in [4.78, 5) is 11.5. The Morgan fingerprint density at radius 1 is 1.44 bits per heavy atom. The fraction of sp³-hybridized carbons (Fsp3) is 0.273. The van der Waals surface area contributed by atoms with Gasteiger partial charge in [-0.05, 0) is 24.6 Å². The Morgan fingerprint density at radius 3 is 3.19 bits per heavy atom. The number of nitrogens with zero attached hydrogens (tertiary/aromatic N) is 3. The lowest BCUT2D eigenvalue weighted by Gasteiger charge is -2.17. The number of imidazole rings is 1. The molecule has 0 amide bonds. The second kappa shape index (κ2) is 3.52. The summed E-state index contributed by atoms with van der Waals surface area (Å²) in [5.74, 6) is 0. The van der Waals surface area contributed by atoms with Crippen LogP contribution in [0.15, 0.2) is 23.5 Å². The topological polar surface area (TPSA) is 56.3 Å². The van der Waals surface area contributed by atoms with E-state index in [-0.39, 0.29) is 0 Å². The fourth-order valence-corrected chi connectivity index (χ4v) is 1.92. The highest BCUT2D eigenvalue weighted by molar-refractivity contribution is 5.82. The molecule has 0 aliphatic carbocycles. The van der Waals surface area contributed by atoms with Gasteiger partial charge in [0.15, 0.2) is 0 Å². The molecule has 82 valence electrons. The van der Waals surface area contributed by atoms with Gasteiger partial charge in [0.2, 0.25) is 0 Å². The highest BCUT2D eigenvalue weighted by Gasteiger charge is 2.07. The Hall–Kier alpha value is -2.04. The lowest BCUT2D eigenvalue weighted by atomic mass is 10.2. The molecule has 0 fully saturated rings. The minimum atomic E-state index is 0.859. The van der Waals surface area contributed by atoms with E-state index in [2.05, 4.69) is 39.4 Å². The molecule has 1 aromatic carbocycles. The number of aromatic nitrogens is 2. The van der Waals surface area contributed by atoms with Crippen molar-refractivity contribution in [2.45, 2.75) is 6.92 Å². The molecule has 5 nitrogen and oxygen atoms in total. The average molecular weight is 215 g/mol. The number of benzene rings is 1. The van der Waals surface area contributed by atoms with Crippen LogP contribution >= 0.6 is 0 Å². The molecule has 3 rings (SSSR count). The maximum atomic E-state index is 4.27. The van der Waals surface area contributed by atoms with Gasteiger partial charge in [0, 0.05) is 0 Å². The molecule has 0 bridgehead atoms. The first-order valence-electron chi connectivity index (χ1n) is 5.30. The predicted molar refractivity (Wildman–Crippen MR) is 64.5 cm³/mol. The standard InChI is InChI=1S/C11H13N5/c1-8-4-9(15-16-3-2-12-7-16)5-10-11(8)14-6-13-10/h4-7,15H,2-3H2,1H3,(H,13,14). The van der Waals surface area contributed by atoms with Crippen LogP contribution in [0, 0.1) is 6.92 Å². The summed E-state index contributed by atoms with van der Waals surface area (Å²) in [6.07, 6.45) is 3.55. The van der Waals surface area contributed by atoms with E-state index in [0.29, 0.717) is 0 Å². The van der Waals surface area contributed by atoms with Crippen molar-refractivity contribution < 1.29 is 0 Å². The van der Waals surface area contributed by atoms with Gasteiger partial charge in [-0.2, -0.15) is 0 Å². The number of anilines is 1. The number of hydrogen-bond acceptors (Lipinski definition) is 4. The van der Waals surface area contributed by atoms with Gasteiger partial charge < -0.3 is 4.98 Å². The number of fused-ring (bicyclic) bond motifs is 1. The van der Waals surface area contributed by atoms with E-state index in [4.69, 9.17) is 0 Å². The van der Waals surface area contributed by atoms with Crippen molar-refractivity contribution in [3.8, 4) is 0 Å². The van der Waals surface area contributed by atoms with Gasteiger partial charge >= 0.3 is 0 Å². The Morgan fingerprint density at radius 2 is 2.38 bits per heavy atom. The van der Waals surface area contributed by atoms with E-state index in [0.717, 1.165) is 35.4 Å². The molecular formula is C11H13N5. The second-order valence-electron chi connectivity index (χ2n) is 3.92. The van der Waals surface area contributed by atoms with Crippen LogP contribution in [-0.2, 0) is 0 Å². The van der Waals surface area contributed by atoms with Crippen LogP contribution in [0.3, 0.4) is 0 Å². The van der Waals surface area contributed by atoms with Gasteiger partial charge in [0.25, 0.3) is 0 Å². The number of aromatic amines is 1. The second-order valence-corrected chi connectivity index (χ2v) is 3.92. The number of hydrazine groups is 1. The van der Waals surface area contributed by atoms with Crippen molar-refractivity contribution in [3.05, 3.63) is 24.0 Å². The van der Waals surface area contributed by atoms with Crippen LogP contribution in [0.5, 0.6) is 0 Å². The molecule has 0 unspecified atom stereocenters. The maximum absolute atomic E-state index is 4.27. The predicted octanol–water partition coefficient (Wildman–Crippen LogP) is 1.54. The van der Waals surface area contributed by atoms with E-state index in [1.54, 1.807) is 6.33 Å². The zero-order valence-electron chi connectivity index (χ0n) is 9.07. The summed E-state index contributed by atoms with van der Waals surface area (Å²) in [7, 11) is 0. The fourth-order valence-electron chi connectivity index (χ4n) is 1.92. The molecule has 0 spiro atoms. The van der Waals surface area contributed by atoms with Crippen LogP contribution in [0.1, 0.15) is 5.56 Å². The van der Waals surface area contributed by atoms with Crippen LogP contribution in [0.2, 0.25) is 0 Å². The van der Waals surface area contributed by atoms with Crippen LogP contribution in [-0.4, -0.2) is 34.4 Å². The van der Waals surface area contributed by atoms with Gasteiger partial charge in [0.05, 0.1) is 36.1 Å². The van der Waals surface area contributed by atoms with E-state index in [1.165, 1.54) is 0 Å². The third-order valence-corrected chi connectivity index (χ3v) is 2.68. The molecule has 2 aromatic rings. The molecule has 2 N–H and O–H groups in total. The SMILES string of the molecule is Cc1cc(NN2C=NCC2)cc2[nH]cnc12. The summed E-state index contributed by atoms with van der Waals surface area (Å²) in [6.45, 7) is 3.84. The molecule has 16 heavy (non-hydrogen) atoms. The van der Waals surface area contributed by atoms with Gasteiger partial charge in [-0.25, -0.2) is 4.98 Å². The first kappa shape index (κ1) is 9.21. The first-order valence-corrected chi connectivity index (χ1v) is 5.30.